The normalized spacial score (nSPS) is 13.9. The molecule has 66 heavy (non-hydrogen) atoms. The van der Waals surface area contributed by atoms with Crippen molar-refractivity contribution in [1.29, 1.82) is 0 Å². The number of ether oxygens (including phenoxy) is 3. The van der Waals surface area contributed by atoms with Crippen molar-refractivity contribution in [3.05, 3.63) is 96.2 Å². The van der Waals surface area contributed by atoms with Crippen LogP contribution in [-0.4, -0.2) is 114 Å². The molecular formula is C47H57N9O9S. The predicted octanol–water partition coefficient (Wildman–Crippen LogP) is 6.07. The third-order valence-corrected chi connectivity index (χ3v) is 11.5. The summed E-state index contributed by atoms with van der Waals surface area (Å²) >= 11 is 0. The number of urea groups is 1. The van der Waals surface area contributed by atoms with E-state index in [0.29, 0.717) is 107 Å². The molecule has 2 atom stereocenters. The summed E-state index contributed by atoms with van der Waals surface area (Å²) in [6, 6.07) is 21.6. The molecule has 1 aromatic heterocycles. The molecule has 19 heteroatoms. The molecule has 0 radical (unpaired) electrons. The van der Waals surface area contributed by atoms with E-state index in [0.717, 1.165) is 5.56 Å². The van der Waals surface area contributed by atoms with E-state index in [-0.39, 0.29) is 30.1 Å². The van der Waals surface area contributed by atoms with Crippen LogP contribution in [0.1, 0.15) is 49.5 Å². The topological polar surface area (TPSA) is 244 Å². The number of fused-ring (bicyclic) bond motifs is 1. The fraction of sp³-hybridized carbons (Fsp3) is 0.340. The van der Waals surface area contributed by atoms with Gasteiger partial charge in [-0.2, -0.15) is 0 Å². The van der Waals surface area contributed by atoms with Crippen LogP contribution in [0.4, 0.5) is 33.4 Å². The van der Waals surface area contributed by atoms with E-state index in [1.165, 1.54) is 25.4 Å². The number of rotatable bonds is 18. The second kappa shape index (κ2) is 21.4. The van der Waals surface area contributed by atoms with Crippen LogP contribution in [0.5, 0.6) is 23.0 Å². The highest BCUT2D eigenvalue weighted by Gasteiger charge is 2.29. The molecule has 1 saturated heterocycles. The minimum absolute atomic E-state index is 0.0923. The van der Waals surface area contributed by atoms with Crippen molar-refractivity contribution in [1.82, 2.24) is 20.1 Å². The summed E-state index contributed by atoms with van der Waals surface area (Å²) in [4.78, 5) is 59.8. The van der Waals surface area contributed by atoms with Gasteiger partial charge in [-0.25, -0.2) is 14.0 Å². The lowest BCUT2D eigenvalue weighted by Gasteiger charge is -2.35. The zero-order valence-corrected chi connectivity index (χ0v) is 38.7. The minimum atomic E-state index is -1.44. The standard InChI is InChI=1S/C47H57N9O9S/c1-47(2,3)29-25-36(53-66(6)62)43(64-5)38(26-29)56(46(49)61)37-14-15-39(33-10-8-7-9-32(33)37)65-31-17-18-50-41(28-31)52-30-11-12-34(40(27-30)63-4)44(59)51-19-20-54-21-23-55(24-22-54)45(60)35(48)13-16-42(57)58/h7-12,14-15,17-18,25-28,35,53H,13,16,19-24,48H2,1-6H3,(H2,49,61)(H,50,52)(H,51,59)(H,57,58)/t35-,66?/m0/s1. The molecule has 1 fully saturated rings. The van der Waals surface area contributed by atoms with E-state index in [4.69, 9.17) is 30.8 Å². The minimum Gasteiger partial charge on any atom is -0.496 e. The number of aromatic nitrogens is 1. The maximum Gasteiger partial charge on any atom is 0.324 e. The van der Waals surface area contributed by atoms with Gasteiger partial charge in [0, 0.05) is 86.7 Å². The molecule has 1 aliphatic heterocycles. The van der Waals surface area contributed by atoms with Gasteiger partial charge in [0.1, 0.15) is 34.1 Å². The van der Waals surface area contributed by atoms with Crippen molar-refractivity contribution < 1.29 is 42.7 Å². The van der Waals surface area contributed by atoms with Crippen LogP contribution in [0.15, 0.2) is 85.1 Å². The number of aliphatic carboxylic acids is 1. The Hall–Kier alpha value is -6.96. The maximum atomic E-state index is 13.4. The first-order chi connectivity index (χ1) is 31.5. The smallest absolute Gasteiger partial charge is 0.324 e. The number of hydrogen-bond acceptors (Lipinski definition) is 12. The molecule has 1 aliphatic rings. The Bertz CT molecular complexity index is 2610. The van der Waals surface area contributed by atoms with Crippen LogP contribution in [0, 0.1) is 0 Å². The number of pyridine rings is 1. The molecule has 0 spiro atoms. The van der Waals surface area contributed by atoms with Crippen molar-refractivity contribution in [3.63, 3.8) is 0 Å². The first kappa shape index (κ1) is 48.5. The van der Waals surface area contributed by atoms with Gasteiger partial charge in [0.15, 0.2) is 5.75 Å². The highest BCUT2D eigenvalue weighted by Crippen LogP contribution is 2.46. The maximum absolute atomic E-state index is 13.4. The number of anilines is 5. The molecule has 0 saturated carbocycles. The molecule has 18 nitrogen and oxygen atoms in total. The molecule has 6 rings (SSSR count). The molecule has 5 aromatic rings. The number of nitrogens with zero attached hydrogens (tertiary/aromatic N) is 4. The molecule has 0 bridgehead atoms. The monoisotopic (exact) mass is 923 g/mol. The zero-order valence-electron chi connectivity index (χ0n) is 37.9. The summed E-state index contributed by atoms with van der Waals surface area (Å²) in [5.41, 5.74) is 14.8. The van der Waals surface area contributed by atoms with Crippen molar-refractivity contribution in [2.24, 2.45) is 11.5 Å². The summed E-state index contributed by atoms with van der Waals surface area (Å²) in [6.45, 7) is 9.18. The number of benzene rings is 4. The number of nitrogens with two attached hydrogens (primary N) is 2. The number of carbonyl (C=O) groups is 4. The van der Waals surface area contributed by atoms with E-state index in [2.05, 4.69) is 25.2 Å². The fourth-order valence-corrected chi connectivity index (χ4v) is 8.05. The number of nitrogens with one attached hydrogen (secondary N) is 3. The summed E-state index contributed by atoms with van der Waals surface area (Å²) in [7, 11) is 1.52. The number of primary amides is 1. The number of hydrogen-bond donors (Lipinski definition) is 6. The zero-order chi connectivity index (χ0) is 47.7. The number of carbonyl (C=O) groups excluding carboxylic acids is 3. The Morgan fingerprint density at radius 3 is 2.29 bits per heavy atom. The summed E-state index contributed by atoms with van der Waals surface area (Å²) in [6.07, 6.45) is 3.04. The van der Waals surface area contributed by atoms with Gasteiger partial charge in [-0.05, 0) is 59.9 Å². The Morgan fingerprint density at radius 2 is 1.64 bits per heavy atom. The van der Waals surface area contributed by atoms with Crippen molar-refractivity contribution in [2.45, 2.75) is 45.1 Å². The van der Waals surface area contributed by atoms with Gasteiger partial charge in [0.2, 0.25) is 5.91 Å². The third kappa shape index (κ3) is 11.8. The van der Waals surface area contributed by atoms with Gasteiger partial charge in [-0.15, -0.1) is 0 Å². The molecule has 1 unspecified atom stereocenters. The van der Waals surface area contributed by atoms with Gasteiger partial charge in [-0.1, -0.05) is 45.0 Å². The lowest BCUT2D eigenvalue weighted by molar-refractivity contribution is -0.138. The largest absolute Gasteiger partial charge is 0.496 e. The first-order valence-corrected chi connectivity index (χ1v) is 22.8. The quantitative estimate of drug-likeness (QED) is 0.0585. The first-order valence-electron chi connectivity index (χ1n) is 21.3. The number of piperazine rings is 1. The third-order valence-electron chi connectivity index (χ3n) is 11.0. The van der Waals surface area contributed by atoms with E-state index >= 15 is 0 Å². The molecular weight excluding hydrogens is 867 g/mol. The van der Waals surface area contributed by atoms with Crippen LogP contribution in [0.2, 0.25) is 0 Å². The van der Waals surface area contributed by atoms with E-state index in [9.17, 15) is 23.4 Å². The second-order valence-corrected chi connectivity index (χ2v) is 17.8. The van der Waals surface area contributed by atoms with Crippen LogP contribution in [-0.2, 0) is 26.0 Å². The van der Waals surface area contributed by atoms with Gasteiger partial charge >= 0.3 is 12.0 Å². The molecule has 8 N–H and O–H groups in total. The van der Waals surface area contributed by atoms with Crippen molar-refractivity contribution >= 4 is 74.1 Å². The average Bonchev–Trinajstić information content (AvgIpc) is 3.28. The molecule has 2 heterocycles. The lowest BCUT2D eigenvalue weighted by Crippen LogP contribution is -2.54. The number of amides is 4. The Kier molecular flexibility index (Phi) is 15.7. The van der Waals surface area contributed by atoms with E-state index in [1.807, 2.05) is 57.2 Å². The Labute approximate surface area is 386 Å². The summed E-state index contributed by atoms with van der Waals surface area (Å²) in [5.74, 6) is 0.524. The Balaban J connectivity index is 1.13. The highest BCUT2D eigenvalue weighted by molar-refractivity contribution is 7.85. The Morgan fingerprint density at radius 1 is 0.909 bits per heavy atom. The van der Waals surface area contributed by atoms with Gasteiger partial charge in [0.25, 0.3) is 5.91 Å². The second-order valence-electron chi connectivity index (χ2n) is 16.7. The van der Waals surface area contributed by atoms with Crippen molar-refractivity contribution in [3.8, 4) is 23.0 Å². The van der Waals surface area contributed by atoms with Crippen molar-refractivity contribution in [2.75, 3.05) is 74.7 Å². The predicted molar refractivity (Wildman–Crippen MR) is 256 cm³/mol. The van der Waals surface area contributed by atoms with E-state index in [1.54, 1.807) is 53.6 Å². The summed E-state index contributed by atoms with van der Waals surface area (Å²) in [5, 5.41) is 16.4. The average molecular weight is 924 g/mol. The number of carboxylic acids is 1. The fourth-order valence-electron chi connectivity index (χ4n) is 7.59. The highest BCUT2D eigenvalue weighted by atomic mass is 32.2. The number of carboxylic acid groups (broad SMARTS) is 1. The summed E-state index contributed by atoms with van der Waals surface area (Å²) < 4.78 is 33.2. The van der Waals surface area contributed by atoms with Crippen LogP contribution in [0.25, 0.3) is 10.8 Å². The van der Waals surface area contributed by atoms with Gasteiger partial charge < -0.3 is 51.0 Å². The van der Waals surface area contributed by atoms with E-state index < -0.39 is 29.0 Å². The lowest BCUT2D eigenvalue weighted by atomic mass is 9.86. The SMILES string of the molecule is COc1cc(Nc2cc(Oc3ccc(N(C(N)=O)c4cc(C(C)(C)C)cc(NS(C)=O)c4OC)c4ccccc34)ccn2)ccc1C(=O)NCCN1CCN(C(=O)[C@@H](N)CCC(=O)O)CC1. The molecule has 350 valence electrons. The molecule has 0 aliphatic carbocycles. The molecule has 4 amide bonds. The van der Waals surface area contributed by atoms with Gasteiger partial charge in [-0.3, -0.25) is 24.2 Å². The van der Waals surface area contributed by atoms with Crippen LogP contribution in [0.3, 0.4) is 0 Å². The van der Waals surface area contributed by atoms with Gasteiger partial charge in [0.05, 0.1) is 42.9 Å². The number of methoxy groups -OCH3 is 2. The van der Waals surface area contributed by atoms with Crippen LogP contribution >= 0.6 is 0 Å². The molecule has 4 aromatic carbocycles. The van der Waals surface area contributed by atoms with Crippen LogP contribution < -0.4 is 45.9 Å².